The molecule has 0 radical (unpaired) electrons. The highest BCUT2D eigenvalue weighted by Crippen LogP contribution is 2.22. The Balaban J connectivity index is 3.31. The normalized spacial score (nSPS) is 10.7. The van der Waals surface area contributed by atoms with Gasteiger partial charge in [-0.15, -0.1) is 11.8 Å². The topological polar surface area (TPSA) is 71.4 Å². The van der Waals surface area contributed by atoms with Gasteiger partial charge in [-0.25, -0.2) is 22.0 Å². The zero-order valence-electron chi connectivity index (χ0n) is 9.91. The number of benzene rings is 1. The lowest BCUT2D eigenvalue weighted by atomic mass is 10.2. The van der Waals surface area contributed by atoms with E-state index in [4.69, 9.17) is 5.11 Å². The van der Waals surface area contributed by atoms with Crippen LogP contribution in [0.4, 0.5) is 8.78 Å². The predicted octanol–water partition coefficient (Wildman–Crippen LogP) is 1.85. The summed E-state index contributed by atoms with van der Waals surface area (Å²) in [5, 5.41) is 8.65. The summed E-state index contributed by atoms with van der Waals surface area (Å²) in [6.07, 6.45) is -0.0158. The van der Waals surface area contributed by atoms with Crippen LogP contribution >= 0.6 is 0 Å². The minimum absolute atomic E-state index is 0.0158. The Morgan fingerprint density at radius 1 is 1.37 bits per heavy atom. The van der Waals surface area contributed by atoms with E-state index in [1.54, 1.807) is 0 Å². The summed E-state index contributed by atoms with van der Waals surface area (Å²) in [4.78, 5) is 9.86. The number of carboxylic acids is 1. The van der Waals surface area contributed by atoms with Gasteiger partial charge in [-0.3, -0.25) is 0 Å². The lowest BCUT2D eigenvalue weighted by molar-refractivity contribution is 0.0685. The van der Waals surface area contributed by atoms with Crippen LogP contribution in [0.2, 0.25) is 0 Å². The standard InChI is InChI=1S/C12H10F2O4S/c1-2-3-4-7-19(17,18)9-6-5-8(13)10(11(9)14)12(15)16/h5-6H,4,7H2,1H3,(H,15,16). The van der Waals surface area contributed by atoms with Crippen LogP contribution in [0, 0.1) is 23.5 Å². The second kappa shape index (κ2) is 5.80. The highest BCUT2D eigenvalue weighted by molar-refractivity contribution is 7.91. The molecule has 102 valence electrons. The Bertz CT molecular complexity index is 669. The summed E-state index contributed by atoms with van der Waals surface area (Å²) >= 11 is 0. The van der Waals surface area contributed by atoms with Gasteiger partial charge >= 0.3 is 5.97 Å². The zero-order chi connectivity index (χ0) is 14.6. The Labute approximate surface area is 109 Å². The molecular formula is C12H10F2O4S. The maximum atomic E-state index is 13.8. The fraction of sp³-hybridized carbons (Fsp3) is 0.250. The summed E-state index contributed by atoms with van der Waals surface area (Å²) in [5.41, 5.74) is -1.28. The number of hydrogen-bond acceptors (Lipinski definition) is 3. The molecule has 0 aliphatic carbocycles. The maximum absolute atomic E-state index is 13.8. The predicted molar refractivity (Wildman–Crippen MR) is 63.4 cm³/mol. The zero-order valence-corrected chi connectivity index (χ0v) is 10.7. The van der Waals surface area contributed by atoms with Gasteiger partial charge in [-0.05, 0) is 19.1 Å². The first kappa shape index (κ1) is 15.1. The third-order valence-corrected chi connectivity index (χ3v) is 4.00. The van der Waals surface area contributed by atoms with Crippen molar-refractivity contribution in [3.05, 3.63) is 29.3 Å². The lowest BCUT2D eigenvalue weighted by Gasteiger charge is -2.07. The van der Waals surface area contributed by atoms with E-state index in [0.717, 1.165) is 0 Å². The molecule has 0 aliphatic heterocycles. The second-order valence-corrected chi connectivity index (χ2v) is 5.61. The molecule has 1 rings (SSSR count). The minimum atomic E-state index is -4.04. The first-order chi connectivity index (χ1) is 8.81. The van der Waals surface area contributed by atoms with Crippen molar-refractivity contribution in [1.29, 1.82) is 0 Å². The molecular weight excluding hydrogens is 278 g/mol. The molecule has 0 aliphatic rings. The molecule has 0 bridgehead atoms. The van der Waals surface area contributed by atoms with E-state index in [-0.39, 0.29) is 6.42 Å². The monoisotopic (exact) mass is 288 g/mol. The molecule has 0 fully saturated rings. The van der Waals surface area contributed by atoms with Gasteiger partial charge in [0.25, 0.3) is 0 Å². The number of aromatic carboxylic acids is 1. The third-order valence-electron chi connectivity index (χ3n) is 2.28. The first-order valence-electron chi connectivity index (χ1n) is 5.15. The van der Waals surface area contributed by atoms with Crippen LogP contribution in [0.5, 0.6) is 0 Å². The average molecular weight is 288 g/mol. The number of hydrogen-bond donors (Lipinski definition) is 1. The summed E-state index contributed by atoms with van der Waals surface area (Å²) < 4.78 is 50.5. The van der Waals surface area contributed by atoms with Gasteiger partial charge in [0.2, 0.25) is 0 Å². The van der Waals surface area contributed by atoms with Crippen LogP contribution in [0.3, 0.4) is 0 Å². The SMILES string of the molecule is CC#CCCS(=O)(=O)c1ccc(F)c(C(=O)O)c1F. The smallest absolute Gasteiger partial charge is 0.341 e. The van der Waals surface area contributed by atoms with Crippen molar-refractivity contribution in [3.63, 3.8) is 0 Å². The molecule has 0 aromatic heterocycles. The molecule has 19 heavy (non-hydrogen) atoms. The van der Waals surface area contributed by atoms with Crippen LogP contribution < -0.4 is 0 Å². The largest absolute Gasteiger partial charge is 0.477 e. The van der Waals surface area contributed by atoms with Crippen molar-refractivity contribution in [2.24, 2.45) is 0 Å². The molecule has 4 nitrogen and oxygen atoms in total. The van der Waals surface area contributed by atoms with Crippen molar-refractivity contribution < 1.29 is 27.1 Å². The molecule has 1 aromatic carbocycles. The molecule has 1 aromatic rings. The maximum Gasteiger partial charge on any atom is 0.341 e. The van der Waals surface area contributed by atoms with Gasteiger partial charge in [0, 0.05) is 6.42 Å². The van der Waals surface area contributed by atoms with Crippen molar-refractivity contribution in [2.45, 2.75) is 18.2 Å². The molecule has 0 saturated carbocycles. The molecule has 0 amide bonds. The van der Waals surface area contributed by atoms with E-state index in [2.05, 4.69) is 11.8 Å². The van der Waals surface area contributed by atoms with Crippen LogP contribution in [0.25, 0.3) is 0 Å². The van der Waals surface area contributed by atoms with Crippen molar-refractivity contribution in [1.82, 2.24) is 0 Å². The quantitative estimate of drug-likeness (QED) is 0.678. The van der Waals surface area contributed by atoms with Gasteiger partial charge in [0.1, 0.15) is 16.3 Å². The molecule has 0 atom stereocenters. The molecule has 0 spiro atoms. The fourth-order valence-corrected chi connectivity index (χ4v) is 2.63. The number of carbonyl (C=O) groups is 1. The summed E-state index contributed by atoms with van der Waals surface area (Å²) in [7, 11) is -4.04. The minimum Gasteiger partial charge on any atom is -0.477 e. The molecule has 0 saturated heterocycles. The van der Waals surface area contributed by atoms with E-state index in [1.807, 2.05) is 0 Å². The van der Waals surface area contributed by atoms with Gasteiger partial charge in [-0.2, -0.15) is 0 Å². The highest BCUT2D eigenvalue weighted by Gasteiger charge is 2.26. The van der Waals surface area contributed by atoms with E-state index in [9.17, 15) is 22.0 Å². The van der Waals surface area contributed by atoms with Crippen LogP contribution in [0.1, 0.15) is 23.7 Å². The van der Waals surface area contributed by atoms with E-state index in [1.165, 1.54) is 6.92 Å². The van der Waals surface area contributed by atoms with Gasteiger partial charge in [0.15, 0.2) is 15.7 Å². The summed E-state index contributed by atoms with van der Waals surface area (Å²) in [5.74, 6) is -0.249. The van der Waals surface area contributed by atoms with Crippen LogP contribution in [0.15, 0.2) is 17.0 Å². The van der Waals surface area contributed by atoms with E-state index < -0.39 is 43.7 Å². The molecule has 1 N–H and O–H groups in total. The molecule has 0 unspecified atom stereocenters. The van der Waals surface area contributed by atoms with Crippen molar-refractivity contribution in [3.8, 4) is 11.8 Å². The van der Waals surface area contributed by atoms with Crippen molar-refractivity contribution >= 4 is 15.8 Å². The molecule has 0 heterocycles. The van der Waals surface area contributed by atoms with Gasteiger partial charge in [-0.1, -0.05) is 0 Å². The Hall–Kier alpha value is -1.94. The fourth-order valence-electron chi connectivity index (χ4n) is 1.39. The Morgan fingerprint density at radius 2 is 2.00 bits per heavy atom. The second-order valence-electron chi connectivity index (χ2n) is 3.54. The molecule has 7 heteroatoms. The number of sulfone groups is 1. The summed E-state index contributed by atoms with van der Waals surface area (Å²) in [6, 6.07) is 1.33. The number of halogens is 2. The lowest BCUT2D eigenvalue weighted by Crippen LogP contribution is -2.13. The Morgan fingerprint density at radius 3 is 2.53 bits per heavy atom. The van der Waals surface area contributed by atoms with E-state index in [0.29, 0.717) is 12.1 Å². The van der Waals surface area contributed by atoms with Gasteiger partial charge < -0.3 is 5.11 Å². The van der Waals surface area contributed by atoms with Gasteiger partial charge in [0.05, 0.1) is 5.75 Å². The van der Waals surface area contributed by atoms with Crippen LogP contribution in [-0.4, -0.2) is 25.2 Å². The average Bonchev–Trinajstić information content (AvgIpc) is 2.28. The number of rotatable bonds is 4. The van der Waals surface area contributed by atoms with Crippen LogP contribution in [-0.2, 0) is 9.84 Å². The summed E-state index contributed by atoms with van der Waals surface area (Å²) in [6.45, 7) is 1.52. The van der Waals surface area contributed by atoms with E-state index >= 15 is 0 Å². The third kappa shape index (κ3) is 3.29. The highest BCUT2D eigenvalue weighted by atomic mass is 32.2. The first-order valence-corrected chi connectivity index (χ1v) is 6.80. The number of carboxylic acid groups (broad SMARTS) is 1. The Kier molecular flexibility index (Phi) is 4.62. The van der Waals surface area contributed by atoms with Crippen molar-refractivity contribution in [2.75, 3.05) is 5.75 Å².